The molecule has 0 N–H and O–H groups in total. The third-order valence-electron chi connectivity index (χ3n) is 4.61. The van der Waals surface area contributed by atoms with Gasteiger partial charge in [0.15, 0.2) is 0 Å². The molecule has 1 aliphatic carbocycles. The Kier molecular flexibility index (Phi) is 2.59. The molecule has 0 fully saturated rings. The van der Waals surface area contributed by atoms with Crippen molar-refractivity contribution in [3.63, 3.8) is 0 Å². The third kappa shape index (κ3) is 1.69. The van der Waals surface area contributed by atoms with E-state index in [1.807, 2.05) is 6.07 Å². The number of nitrogens with zero attached hydrogens (tertiary/aromatic N) is 1. The molecule has 100 valence electrons. The van der Waals surface area contributed by atoms with Gasteiger partial charge in [0, 0.05) is 11.3 Å². The van der Waals surface area contributed by atoms with Crippen LogP contribution in [0.15, 0.2) is 54.6 Å². The highest BCUT2D eigenvalue weighted by Gasteiger charge is 2.27. The molecule has 0 heterocycles. The lowest BCUT2D eigenvalue weighted by Crippen LogP contribution is -1.98. The highest BCUT2D eigenvalue weighted by molar-refractivity contribution is 5.98. The average Bonchev–Trinajstić information content (AvgIpc) is 2.91. The fraction of sp³-hybridized carbons (Fsp3) is 0.150. The summed E-state index contributed by atoms with van der Waals surface area (Å²) >= 11 is 0. The molecule has 4 rings (SSSR count). The van der Waals surface area contributed by atoms with Crippen LogP contribution in [0.3, 0.4) is 0 Å². The molecule has 0 spiro atoms. The Hall–Kier alpha value is -2.59. The first-order valence-corrected chi connectivity index (χ1v) is 7.29. The maximum absolute atomic E-state index is 9.40. The summed E-state index contributed by atoms with van der Waals surface area (Å²) in [7, 11) is 0. The minimum Gasteiger partial charge on any atom is -0.192 e. The first-order valence-electron chi connectivity index (χ1n) is 7.29. The number of benzene rings is 3. The summed E-state index contributed by atoms with van der Waals surface area (Å²) in [5.74, 6) is 0.415. The Labute approximate surface area is 124 Å². The zero-order valence-corrected chi connectivity index (χ0v) is 11.9. The van der Waals surface area contributed by atoms with Gasteiger partial charge in [0.2, 0.25) is 0 Å². The second kappa shape index (κ2) is 4.46. The van der Waals surface area contributed by atoms with Gasteiger partial charge in [0.05, 0.1) is 11.6 Å². The predicted octanol–water partition coefficient (Wildman–Crippen LogP) is 4.71. The van der Waals surface area contributed by atoms with Crippen LogP contribution in [0, 0.1) is 18.3 Å². The van der Waals surface area contributed by atoms with Crippen LogP contribution in [0.1, 0.15) is 33.7 Å². The van der Waals surface area contributed by atoms with E-state index in [0.29, 0.717) is 5.92 Å². The fourth-order valence-corrected chi connectivity index (χ4v) is 3.63. The number of nitriles is 1. The number of aryl methyl sites for hydroxylation is 1. The molecule has 1 nitrogen and oxygen atoms in total. The predicted molar refractivity (Wildman–Crippen MR) is 85.4 cm³/mol. The van der Waals surface area contributed by atoms with E-state index >= 15 is 0 Å². The topological polar surface area (TPSA) is 23.8 Å². The number of rotatable bonds is 1. The highest BCUT2D eigenvalue weighted by atomic mass is 14.3. The van der Waals surface area contributed by atoms with Crippen LogP contribution >= 0.6 is 0 Å². The van der Waals surface area contributed by atoms with E-state index in [1.165, 1.54) is 27.6 Å². The summed E-state index contributed by atoms with van der Waals surface area (Å²) in [5.41, 5.74) is 6.09. The van der Waals surface area contributed by atoms with E-state index < -0.39 is 0 Å². The molecule has 0 saturated carbocycles. The highest BCUT2D eigenvalue weighted by Crippen LogP contribution is 2.43. The van der Waals surface area contributed by atoms with Gasteiger partial charge in [-0.25, -0.2) is 0 Å². The molecular weight excluding hydrogens is 254 g/mol. The van der Waals surface area contributed by atoms with Gasteiger partial charge >= 0.3 is 0 Å². The van der Waals surface area contributed by atoms with E-state index in [2.05, 4.69) is 61.5 Å². The van der Waals surface area contributed by atoms with Gasteiger partial charge in [0.1, 0.15) is 0 Å². The first-order chi connectivity index (χ1) is 10.3. The Bertz CT molecular complexity index is 885. The molecular formula is C20H15N. The standard InChI is InChI=1S/C20H15N/c1-13-7-8-15-11-18(14-5-3-2-4-6-14)17-10-9-16(12-21)19(13)20(15)17/h2-10,18H,11H2,1H3. The van der Waals surface area contributed by atoms with Gasteiger partial charge in [-0.2, -0.15) is 5.26 Å². The lowest BCUT2D eigenvalue weighted by atomic mass is 9.91. The molecule has 1 atom stereocenters. The van der Waals surface area contributed by atoms with Gasteiger partial charge in [-0.15, -0.1) is 0 Å². The summed E-state index contributed by atoms with van der Waals surface area (Å²) < 4.78 is 0. The van der Waals surface area contributed by atoms with Crippen LogP contribution < -0.4 is 0 Å². The molecule has 0 aromatic heterocycles. The lowest BCUT2D eigenvalue weighted by molar-refractivity contribution is 0.848. The van der Waals surface area contributed by atoms with Gasteiger partial charge < -0.3 is 0 Å². The SMILES string of the molecule is Cc1ccc2c3c(ccc(C#N)c13)C(c1ccccc1)C2. The summed E-state index contributed by atoms with van der Waals surface area (Å²) in [6.45, 7) is 2.10. The summed E-state index contributed by atoms with van der Waals surface area (Å²) in [6.07, 6.45) is 1.03. The smallest absolute Gasteiger partial charge is 0.0998 e. The first kappa shape index (κ1) is 12.2. The van der Waals surface area contributed by atoms with E-state index in [-0.39, 0.29) is 0 Å². The molecule has 3 aromatic rings. The molecule has 0 saturated heterocycles. The van der Waals surface area contributed by atoms with E-state index in [9.17, 15) is 5.26 Å². The number of hydrogen-bond donors (Lipinski definition) is 0. The molecule has 1 heteroatoms. The largest absolute Gasteiger partial charge is 0.192 e. The van der Waals surface area contributed by atoms with Crippen LogP contribution in [0.5, 0.6) is 0 Å². The van der Waals surface area contributed by atoms with Crippen molar-refractivity contribution in [2.75, 3.05) is 0 Å². The van der Waals surface area contributed by atoms with Crippen molar-refractivity contribution in [3.05, 3.63) is 82.4 Å². The van der Waals surface area contributed by atoms with Crippen LogP contribution in [0.4, 0.5) is 0 Å². The second-order valence-electron chi connectivity index (χ2n) is 5.77. The van der Waals surface area contributed by atoms with Crippen LogP contribution in [-0.2, 0) is 6.42 Å². The second-order valence-corrected chi connectivity index (χ2v) is 5.77. The Morgan fingerprint density at radius 1 is 0.952 bits per heavy atom. The van der Waals surface area contributed by atoms with Crippen molar-refractivity contribution >= 4 is 10.8 Å². The van der Waals surface area contributed by atoms with E-state index in [0.717, 1.165) is 17.4 Å². The molecule has 0 bridgehead atoms. The van der Waals surface area contributed by atoms with Crippen molar-refractivity contribution in [1.82, 2.24) is 0 Å². The van der Waals surface area contributed by atoms with Gasteiger partial charge in [-0.3, -0.25) is 0 Å². The fourth-order valence-electron chi connectivity index (χ4n) is 3.63. The molecule has 0 radical (unpaired) electrons. The Morgan fingerprint density at radius 2 is 1.76 bits per heavy atom. The quantitative estimate of drug-likeness (QED) is 0.627. The molecule has 0 amide bonds. The summed E-state index contributed by atoms with van der Waals surface area (Å²) in [6, 6.07) is 21.5. The molecule has 1 unspecified atom stereocenters. The van der Waals surface area contributed by atoms with Crippen molar-refractivity contribution in [2.24, 2.45) is 0 Å². The zero-order valence-electron chi connectivity index (χ0n) is 11.9. The van der Waals surface area contributed by atoms with Crippen molar-refractivity contribution in [2.45, 2.75) is 19.3 Å². The zero-order chi connectivity index (χ0) is 14.4. The normalized spacial score (nSPS) is 16.1. The minimum atomic E-state index is 0.415. The van der Waals surface area contributed by atoms with Crippen LogP contribution in [-0.4, -0.2) is 0 Å². The maximum Gasteiger partial charge on any atom is 0.0998 e. The number of hydrogen-bond acceptors (Lipinski definition) is 1. The Balaban J connectivity index is 2.03. The van der Waals surface area contributed by atoms with Gasteiger partial charge in [0.25, 0.3) is 0 Å². The summed E-state index contributed by atoms with van der Waals surface area (Å²) in [4.78, 5) is 0. The third-order valence-corrected chi connectivity index (χ3v) is 4.61. The van der Waals surface area contributed by atoms with Crippen molar-refractivity contribution in [3.8, 4) is 6.07 Å². The van der Waals surface area contributed by atoms with Gasteiger partial charge in [-0.05, 0) is 47.1 Å². The van der Waals surface area contributed by atoms with E-state index in [1.54, 1.807) is 0 Å². The van der Waals surface area contributed by atoms with Crippen molar-refractivity contribution in [1.29, 1.82) is 5.26 Å². The maximum atomic E-state index is 9.40. The van der Waals surface area contributed by atoms with Crippen LogP contribution in [0.2, 0.25) is 0 Å². The van der Waals surface area contributed by atoms with E-state index in [4.69, 9.17) is 0 Å². The lowest BCUT2D eigenvalue weighted by Gasteiger charge is -2.12. The Morgan fingerprint density at radius 3 is 2.52 bits per heavy atom. The molecule has 0 aliphatic heterocycles. The van der Waals surface area contributed by atoms with Crippen LogP contribution in [0.25, 0.3) is 10.8 Å². The van der Waals surface area contributed by atoms with Crippen molar-refractivity contribution < 1.29 is 0 Å². The summed E-state index contributed by atoms with van der Waals surface area (Å²) in [5, 5.41) is 11.8. The minimum absolute atomic E-state index is 0.415. The average molecular weight is 269 g/mol. The molecule has 1 aliphatic rings. The molecule has 3 aromatic carbocycles. The monoisotopic (exact) mass is 269 g/mol. The van der Waals surface area contributed by atoms with Gasteiger partial charge in [-0.1, -0.05) is 48.5 Å². The molecule has 21 heavy (non-hydrogen) atoms.